The van der Waals surface area contributed by atoms with Crippen LogP contribution in [0, 0.1) is 0 Å². The number of carbonyl (C=O) groups excluding carboxylic acids is 2. The summed E-state index contributed by atoms with van der Waals surface area (Å²) >= 11 is 12.0. The van der Waals surface area contributed by atoms with Gasteiger partial charge in [-0.2, -0.15) is 0 Å². The Hall–Kier alpha value is -2.08. The van der Waals surface area contributed by atoms with E-state index in [-0.39, 0.29) is 18.2 Å². The van der Waals surface area contributed by atoms with Crippen molar-refractivity contribution in [3.8, 4) is 0 Å². The van der Waals surface area contributed by atoms with E-state index in [0.29, 0.717) is 15.7 Å². The highest BCUT2D eigenvalue weighted by Crippen LogP contribution is 2.28. The third kappa shape index (κ3) is 3.68. The van der Waals surface area contributed by atoms with Crippen molar-refractivity contribution in [3.05, 3.63) is 58.6 Å². The molecular formula is C20H19Cl2N3O2. The van der Waals surface area contributed by atoms with Gasteiger partial charge in [0, 0.05) is 41.9 Å². The number of carbonyl (C=O) groups is 2. The molecule has 0 aromatic heterocycles. The molecule has 0 aliphatic carbocycles. The van der Waals surface area contributed by atoms with Crippen LogP contribution in [0.25, 0.3) is 0 Å². The zero-order valence-corrected chi connectivity index (χ0v) is 16.2. The molecule has 2 amide bonds. The number of benzene rings is 2. The van der Waals surface area contributed by atoms with Gasteiger partial charge >= 0.3 is 0 Å². The van der Waals surface area contributed by atoms with Gasteiger partial charge < -0.3 is 4.90 Å². The Morgan fingerprint density at radius 1 is 0.815 bits per heavy atom. The number of rotatable bonds is 3. The number of hydrogen-bond donors (Lipinski definition) is 0. The Kier molecular flexibility index (Phi) is 5.08. The van der Waals surface area contributed by atoms with Crippen molar-refractivity contribution in [2.75, 3.05) is 36.0 Å². The van der Waals surface area contributed by atoms with Gasteiger partial charge in [0.05, 0.1) is 18.2 Å². The highest BCUT2D eigenvalue weighted by atomic mass is 35.5. The quantitative estimate of drug-likeness (QED) is 0.736. The molecule has 2 fully saturated rings. The zero-order valence-electron chi connectivity index (χ0n) is 14.6. The minimum Gasteiger partial charge on any atom is -0.369 e. The van der Waals surface area contributed by atoms with Crippen molar-refractivity contribution in [2.45, 2.75) is 12.5 Å². The molecule has 1 atom stereocenters. The molecule has 0 unspecified atom stereocenters. The molecule has 2 aromatic carbocycles. The smallest absolute Gasteiger partial charge is 0.251 e. The molecule has 0 bridgehead atoms. The Labute approximate surface area is 168 Å². The van der Waals surface area contributed by atoms with Crippen LogP contribution >= 0.6 is 23.2 Å². The lowest BCUT2D eigenvalue weighted by atomic mass is 10.1. The molecule has 27 heavy (non-hydrogen) atoms. The van der Waals surface area contributed by atoms with Crippen LogP contribution in [0.15, 0.2) is 48.5 Å². The van der Waals surface area contributed by atoms with Crippen molar-refractivity contribution >= 4 is 46.4 Å². The third-order valence-electron chi connectivity index (χ3n) is 5.14. The predicted octanol–water partition coefficient (Wildman–Crippen LogP) is 3.45. The standard InChI is InChI=1S/C20H19Cl2N3O2/c21-14-4-6-16(7-5-14)25-19(26)13-18(20(25)27)24-10-8-23(9-11-24)17-3-1-2-15(22)12-17/h1-7,12,18H,8-11,13H2/t18-/m1/s1. The van der Waals surface area contributed by atoms with E-state index >= 15 is 0 Å². The van der Waals surface area contributed by atoms with Gasteiger partial charge in [0.15, 0.2) is 0 Å². The SMILES string of the molecule is O=C1C[C@@H](N2CCN(c3cccc(Cl)c3)CC2)C(=O)N1c1ccc(Cl)cc1. The summed E-state index contributed by atoms with van der Waals surface area (Å²) in [6.45, 7) is 3.04. The second-order valence-electron chi connectivity index (χ2n) is 6.77. The number of anilines is 2. The van der Waals surface area contributed by atoms with E-state index < -0.39 is 6.04 Å². The molecular weight excluding hydrogens is 385 g/mol. The van der Waals surface area contributed by atoms with Crippen molar-refractivity contribution in [3.63, 3.8) is 0 Å². The minimum absolute atomic E-state index is 0.154. The Bertz CT molecular complexity index is 864. The normalized spacial score (nSPS) is 21.2. The van der Waals surface area contributed by atoms with Crippen LogP contribution in [-0.4, -0.2) is 48.9 Å². The van der Waals surface area contributed by atoms with Crippen LogP contribution in [0.3, 0.4) is 0 Å². The summed E-state index contributed by atoms with van der Waals surface area (Å²) in [4.78, 5) is 31.0. The van der Waals surface area contributed by atoms with Gasteiger partial charge in [0.25, 0.3) is 5.91 Å². The highest BCUT2D eigenvalue weighted by molar-refractivity contribution is 6.31. The average molecular weight is 404 g/mol. The van der Waals surface area contributed by atoms with Gasteiger partial charge in [-0.1, -0.05) is 29.3 Å². The number of imide groups is 1. The summed E-state index contributed by atoms with van der Waals surface area (Å²) < 4.78 is 0. The van der Waals surface area contributed by atoms with E-state index in [1.807, 2.05) is 24.3 Å². The Balaban J connectivity index is 1.43. The number of hydrogen-bond acceptors (Lipinski definition) is 4. The molecule has 2 heterocycles. The maximum Gasteiger partial charge on any atom is 0.251 e. The average Bonchev–Trinajstić information content (AvgIpc) is 2.97. The third-order valence-corrected chi connectivity index (χ3v) is 5.62. The molecule has 7 heteroatoms. The fraction of sp³-hybridized carbons (Fsp3) is 0.300. The molecule has 0 saturated carbocycles. The molecule has 2 aliphatic rings. The molecule has 2 aromatic rings. The monoisotopic (exact) mass is 403 g/mol. The lowest BCUT2D eigenvalue weighted by molar-refractivity contribution is -0.123. The van der Waals surface area contributed by atoms with E-state index in [0.717, 1.165) is 31.9 Å². The van der Waals surface area contributed by atoms with Gasteiger partial charge in [0.1, 0.15) is 0 Å². The van der Waals surface area contributed by atoms with Gasteiger partial charge in [-0.15, -0.1) is 0 Å². The summed E-state index contributed by atoms with van der Waals surface area (Å²) in [5.74, 6) is -0.317. The maximum absolute atomic E-state index is 12.9. The summed E-state index contributed by atoms with van der Waals surface area (Å²) in [5.41, 5.74) is 1.66. The largest absolute Gasteiger partial charge is 0.369 e. The van der Waals surface area contributed by atoms with Gasteiger partial charge in [-0.05, 0) is 42.5 Å². The fourth-order valence-electron chi connectivity index (χ4n) is 3.73. The first-order valence-electron chi connectivity index (χ1n) is 8.90. The second-order valence-corrected chi connectivity index (χ2v) is 7.64. The van der Waals surface area contributed by atoms with Crippen LogP contribution in [-0.2, 0) is 9.59 Å². The first kappa shape index (κ1) is 18.3. The van der Waals surface area contributed by atoms with Crippen LogP contribution < -0.4 is 9.80 Å². The molecule has 2 aliphatic heterocycles. The second kappa shape index (κ2) is 7.50. The molecule has 5 nitrogen and oxygen atoms in total. The number of amides is 2. The Morgan fingerprint density at radius 2 is 1.52 bits per heavy atom. The van der Waals surface area contributed by atoms with Crippen molar-refractivity contribution in [1.29, 1.82) is 0 Å². The fourth-order valence-corrected chi connectivity index (χ4v) is 4.04. The van der Waals surface area contributed by atoms with Crippen molar-refractivity contribution in [1.82, 2.24) is 4.90 Å². The van der Waals surface area contributed by atoms with E-state index in [9.17, 15) is 9.59 Å². The summed E-state index contributed by atoms with van der Waals surface area (Å²) in [7, 11) is 0. The first-order chi connectivity index (χ1) is 13.0. The van der Waals surface area contributed by atoms with Crippen LogP contribution in [0.2, 0.25) is 10.0 Å². The van der Waals surface area contributed by atoms with Crippen LogP contribution in [0.5, 0.6) is 0 Å². The highest BCUT2D eigenvalue weighted by Gasteiger charge is 2.43. The maximum atomic E-state index is 12.9. The molecule has 2 saturated heterocycles. The van der Waals surface area contributed by atoms with Crippen molar-refractivity contribution < 1.29 is 9.59 Å². The zero-order chi connectivity index (χ0) is 19.0. The molecule has 0 spiro atoms. The van der Waals surface area contributed by atoms with Gasteiger partial charge in [-0.3, -0.25) is 14.5 Å². The lowest BCUT2D eigenvalue weighted by Crippen LogP contribution is -2.52. The Morgan fingerprint density at radius 3 is 2.19 bits per heavy atom. The van der Waals surface area contributed by atoms with Gasteiger partial charge in [0.2, 0.25) is 5.91 Å². The summed E-state index contributed by atoms with van der Waals surface area (Å²) in [6, 6.07) is 14.2. The molecule has 140 valence electrons. The topological polar surface area (TPSA) is 43.9 Å². The lowest BCUT2D eigenvalue weighted by Gasteiger charge is -2.38. The summed E-state index contributed by atoms with van der Waals surface area (Å²) in [6.07, 6.45) is 0.221. The van der Waals surface area contributed by atoms with E-state index in [4.69, 9.17) is 23.2 Å². The van der Waals surface area contributed by atoms with Gasteiger partial charge in [-0.25, -0.2) is 4.90 Å². The predicted molar refractivity (Wildman–Crippen MR) is 108 cm³/mol. The minimum atomic E-state index is -0.394. The number of piperazine rings is 1. The van der Waals surface area contributed by atoms with Crippen LogP contribution in [0.1, 0.15) is 6.42 Å². The van der Waals surface area contributed by atoms with Crippen molar-refractivity contribution in [2.24, 2.45) is 0 Å². The van der Waals surface area contributed by atoms with E-state index in [1.54, 1.807) is 24.3 Å². The number of nitrogens with zero attached hydrogens (tertiary/aromatic N) is 3. The molecule has 0 radical (unpaired) electrons. The van der Waals surface area contributed by atoms with Crippen LogP contribution in [0.4, 0.5) is 11.4 Å². The summed E-state index contributed by atoms with van der Waals surface area (Å²) in [5, 5.41) is 1.29. The van der Waals surface area contributed by atoms with E-state index in [2.05, 4.69) is 9.80 Å². The molecule has 4 rings (SSSR count). The first-order valence-corrected chi connectivity index (χ1v) is 9.65. The number of halogens is 2. The molecule has 0 N–H and O–H groups in total. The van der Waals surface area contributed by atoms with E-state index in [1.165, 1.54) is 4.90 Å².